The summed E-state index contributed by atoms with van der Waals surface area (Å²) in [6.45, 7) is 6.46. The summed E-state index contributed by atoms with van der Waals surface area (Å²) in [6, 6.07) is 7.07. The number of benzene rings is 1. The lowest BCUT2D eigenvalue weighted by Crippen LogP contribution is -2.55. The Morgan fingerprint density at radius 1 is 1.15 bits per heavy atom. The lowest BCUT2D eigenvalue weighted by molar-refractivity contribution is 0.105. The molecule has 1 N–H and O–H groups in total. The highest BCUT2D eigenvalue weighted by Crippen LogP contribution is 2.23. The summed E-state index contributed by atoms with van der Waals surface area (Å²) in [7, 11) is 1.71. The van der Waals surface area contributed by atoms with E-state index in [1.165, 1.54) is 6.07 Å². The molecule has 3 rings (SSSR count). The molecule has 0 bridgehead atoms. The summed E-state index contributed by atoms with van der Waals surface area (Å²) in [5.41, 5.74) is 0.657. The first-order valence-electron chi connectivity index (χ1n) is 9.43. The number of halogens is 1. The largest absolute Gasteiger partial charge is 0.383 e. The minimum Gasteiger partial charge on any atom is -0.383 e. The number of rotatable bonds is 5. The highest BCUT2D eigenvalue weighted by atomic mass is 19.1. The second-order valence-corrected chi connectivity index (χ2v) is 6.98. The van der Waals surface area contributed by atoms with Crippen LogP contribution < -0.4 is 10.2 Å². The van der Waals surface area contributed by atoms with E-state index in [1.54, 1.807) is 13.2 Å². The number of urea groups is 1. The molecule has 0 radical (unpaired) electrons. The standard InChI is InChI=1S/C19H29FN4O2/c1-26-15-14-22-10-12-24(13-11-22)19(25)21-16-6-8-23(9-7-16)18-5-3-2-4-17(18)20/h2-5,16H,6-15H2,1H3,(H,21,25). The van der Waals surface area contributed by atoms with Gasteiger partial charge in [-0.15, -0.1) is 0 Å². The Morgan fingerprint density at radius 2 is 1.85 bits per heavy atom. The Balaban J connectivity index is 1.41. The van der Waals surface area contributed by atoms with Crippen LogP contribution in [0.25, 0.3) is 0 Å². The van der Waals surface area contributed by atoms with Gasteiger partial charge in [-0.05, 0) is 25.0 Å². The molecule has 2 aliphatic rings. The number of piperazine rings is 1. The number of anilines is 1. The van der Waals surface area contributed by atoms with Crippen molar-refractivity contribution < 1.29 is 13.9 Å². The molecule has 1 aromatic rings. The monoisotopic (exact) mass is 364 g/mol. The number of methoxy groups -OCH3 is 1. The van der Waals surface area contributed by atoms with E-state index in [9.17, 15) is 9.18 Å². The summed E-state index contributed by atoms with van der Waals surface area (Å²) < 4.78 is 19.0. The number of nitrogens with zero attached hydrogens (tertiary/aromatic N) is 3. The SMILES string of the molecule is COCCN1CCN(C(=O)NC2CCN(c3ccccc3F)CC2)CC1. The van der Waals surface area contributed by atoms with Gasteiger partial charge in [-0.3, -0.25) is 4.90 Å². The third-order valence-electron chi connectivity index (χ3n) is 5.29. The van der Waals surface area contributed by atoms with Crippen molar-refractivity contribution in [2.24, 2.45) is 0 Å². The predicted octanol–water partition coefficient (Wildman–Crippen LogP) is 1.77. The third-order valence-corrected chi connectivity index (χ3v) is 5.29. The number of carbonyl (C=O) groups is 1. The fourth-order valence-corrected chi connectivity index (χ4v) is 3.63. The molecule has 2 fully saturated rings. The maximum Gasteiger partial charge on any atom is 0.317 e. The molecule has 0 unspecified atom stereocenters. The minimum absolute atomic E-state index is 0.0285. The zero-order valence-electron chi connectivity index (χ0n) is 15.5. The van der Waals surface area contributed by atoms with Crippen LogP contribution in [0.2, 0.25) is 0 Å². The number of para-hydroxylation sites is 1. The molecule has 2 saturated heterocycles. The smallest absolute Gasteiger partial charge is 0.317 e. The molecule has 0 spiro atoms. The highest BCUT2D eigenvalue weighted by molar-refractivity contribution is 5.74. The second kappa shape index (κ2) is 9.19. The summed E-state index contributed by atoms with van der Waals surface area (Å²) in [5, 5.41) is 3.16. The van der Waals surface area contributed by atoms with Crippen molar-refractivity contribution in [2.75, 3.05) is 64.4 Å². The lowest BCUT2D eigenvalue weighted by atomic mass is 10.0. The van der Waals surface area contributed by atoms with Gasteiger partial charge in [-0.1, -0.05) is 12.1 Å². The van der Waals surface area contributed by atoms with Gasteiger partial charge in [-0.25, -0.2) is 9.18 Å². The van der Waals surface area contributed by atoms with Crippen molar-refractivity contribution in [3.8, 4) is 0 Å². The van der Waals surface area contributed by atoms with Crippen LogP contribution >= 0.6 is 0 Å². The van der Waals surface area contributed by atoms with Gasteiger partial charge in [0.1, 0.15) is 5.82 Å². The molecule has 0 atom stereocenters. The van der Waals surface area contributed by atoms with Crippen LogP contribution in [0.3, 0.4) is 0 Å². The van der Waals surface area contributed by atoms with E-state index in [0.29, 0.717) is 5.69 Å². The van der Waals surface area contributed by atoms with Gasteiger partial charge in [0.15, 0.2) is 0 Å². The average molecular weight is 364 g/mol. The number of nitrogens with one attached hydrogen (secondary N) is 1. The summed E-state index contributed by atoms with van der Waals surface area (Å²) in [5.74, 6) is -0.179. The van der Waals surface area contributed by atoms with Crippen LogP contribution in [-0.4, -0.2) is 81.4 Å². The average Bonchev–Trinajstić information content (AvgIpc) is 2.68. The topological polar surface area (TPSA) is 48.1 Å². The number of hydrogen-bond acceptors (Lipinski definition) is 4. The van der Waals surface area contributed by atoms with Crippen molar-refractivity contribution in [3.05, 3.63) is 30.1 Å². The predicted molar refractivity (Wildman–Crippen MR) is 100 cm³/mol. The molecule has 0 saturated carbocycles. The normalized spacial score (nSPS) is 19.6. The summed E-state index contributed by atoms with van der Waals surface area (Å²) in [4.78, 5) is 18.8. The maximum absolute atomic E-state index is 13.9. The van der Waals surface area contributed by atoms with Crippen LogP contribution in [0, 0.1) is 5.82 Å². The second-order valence-electron chi connectivity index (χ2n) is 6.98. The zero-order chi connectivity index (χ0) is 18.4. The van der Waals surface area contributed by atoms with E-state index in [0.717, 1.165) is 65.3 Å². The van der Waals surface area contributed by atoms with Gasteiger partial charge in [0.2, 0.25) is 0 Å². The molecule has 1 aromatic carbocycles. The molecule has 26 heavy (non-hydrogen) atoms. The van der Waals surface area contributed by atoms with E-state index in [4.69, 9.17) is 4.74 Å². The molecular formula is C19H29FN4O2. The number of hydrogen-bond donors (Lipinski definition) is 1. The number of piperidine rings is 1. The van der Waals surface area contributed by atoms with Crippen molar-refractivity contribution in [1.29, 1.82) is 0 Å². The van der Waals surface area contributed by atoms with Crippen LogP contribution in [0.15, 0.2) is 24.3 Å². The highest BCUT2D eigenvalue weighted by Gasteiger charge is 2.26. The van der Waals surface area contributed by atoms with Gasteiger partial charge in [0.05, 0.1) is 12.3 Å². The van der Waals surface area contributed by atoms with Crippen LogP contribution in [0.1, 0.15) is 12.8 Å². The number of carbonyl (C=O) groups excluding carboxylic acids is 1. The number of amides is 2. The molecule has 2 aliphatic heterocycles. The van der Waals surface area contributed by atoms with Crippen LogP contribution in [-0.2, 0) is 4.74 Å². The van der Waals surface area contributed by atoms with Crippen molar-refractivity contribution in [1.82, 2.24) is 15.1 Å². The maximum atomic E-state index is 13.9. The first-order chi connectivity index (χ1) is 12.7. The molecule has 0 aliphatic carbocycles. The van der Waals surface area contributed by atoms with Gasteiger partial charge in [0, 0.05) is 59.0 Å². The lowest BCUT2D eigenvalue weighted by Gasteiger charge is -2.37. The Morgan fingerprint density at radius 3 is 2.50 bits per heavy atom. The fraction of sp³-hybridized carbons (Fsp3) is 0.632. The third kappa shape index (κ3) is 4.86. The molecule has 0 aromatic heterocycles. The molecular weight excluding hydrogens is 335 g/mol. The van der Waals surface area contributed by atoms with Crippen molar-refractivity contribution in [2.45, 2.75) is 18.9 Å². The minimum atomic E-state index is -0.179. The van der Waals surface area contributed by atoms with Crippen LogP contribution in [0.5, 0.6) is 0 Å². The van der Waals surface area contributed by atoms with Crippen molar-refractivity contribution >= 4 is 11.7 Å². The van der Waals surface area contributed by atoms with Gasteiger partial charge in [-0.2, -0.15) is 0 Å². The molecule has 2 amide bonds. The van der Waals surface area contributed by atoms with E-state index >= 15 is 0 Å². The Hall–Kier alpha value is -1.86. The van der Waals surface area contributed by atoms with Crippen LogP contribution in [0.4, 0.5) is 14.9 Å². The molecule has 144 valence electrons. The van der Waals surface area contributed by atoms with Crippen molar-refractivity contribution in [3.63, 3.8) is 0 Å². The van der Waals surface area contributed by atoms with E-state index in [-0.39, 0.29) is 17.9 Å². The van der Waals surface area contributed by atoms with E-state index < -0.39 is 0 Å². The van der Waals surface area contributed by atoms with E-state index in [2.05, 4.69) is 15.1 Å². The van der Waals surface area contributed by atoms with E-state index in [1.807, 2.05) is 17.0 Å². The molecule has 6 nitrogen and oxygen atoms in total. The Labute approximate surface area is 154 Å². The van der Waals surface area contributed by atoms with Gasteiger partial charge in [0.25, 0.3) is 0 Å². The Kier molecular flexibility index (Phi) is 6.68. The molecule has 2 heterocycles. The fourth-order valence-electron chi connectivity index (χ4n) is 3.63. The first kappa shape index (κ1) is 18.9. The number of ether oxygens (including phenoxy) is 1. The van der Waals surface area contributed by atoms with Gasteiger partial charge >= 0.3 is 6.03 Å². The molecule has 7 heteroatoms. The zero-order valence-corrected chi connectivity index (χ0v) is 15.5. The summed E-state index contributed by atoms with van der Waals surface area (Å²) >= 11 is 0. The first-order valence-corrected chi connectivity index (χ1v) is 9.43. The van der Waals surface area contributed by atoms with Gasteiger partial charge < -0.3 is 19.9 Å². The quantitative estimate of drug-likeness (QED) is 0.865. The Bertz CT molecular complexity index is 585. The summed E-state index contributed by atoms with van der Waals surface area (Å²) in [6.07, 6.45) is 1.68.